The van der Waals surface area contributed by atoms with E-state index in [1.165, 1.54) is 23.5 Å². The number of benzene rings is 2. The van der Waals surface area contributed by atoms with Crippen molar-refractivity contribution in [1.29, 1.82) is 0 Å². The van der Waals surface area contributed by atoms with Crippen molar-refractivity contribution in [2.24, 2.45) is 5.92 Å². The van der Waals surface area contributed by atoms with Crippen molar-refractivity contribution in [1.82, 2.24) is 14.2 Å². The van der Waals surface area contributed by atoms with Crippen LogP contribution in [0.1, 0.15) is 30.1 Å². The van der Waals surface area contributed by atoms with Crippen LogP contribution >= 0.6 is 35.3 Å². The summed E-state index contributed by atoms with van der Waals surface area (Å²) in [5, 5.41) is 1.21. The van der Waals surface area contributed by atoms with Crippen molar-refractivity contribution >= 4 is 66.6 Å². The lowest BCUT2D eigenvalue weighted by Crippen LogP contribution is -2.38. The predicted molar refractivity (Wildman–Crippen MR) is 146 cm³/mol. The van der Waals surface area contributed by atoms with Crippen LogP contribution in [0.15, 0.2) is 47.4 Å². The van der Waals surface area contributed by atoms with Gasteiger partial charge in [0, 0.05) is 36.8 Å². The summed E-state index contributed by atoms with van der Waals surface area (Å²) < 4.78 is 28.5. The number of thiazole rings is 1. The Bertz CT molecular complexity index is 1270. The van der Waals surface area contributed by atoms with Crippen molar-refractivity contribution in [3.8, 4) is 0 Å². The van der Waals surface area contributed by atoms with Gasteiger partial charge in [-0.15, -0.1) is 12.4 Å². The summed E-state index contributed by atoms with van der Waals surface area (Å²) >= 11 is 7.53. The zero-order valence-electron chi connectivity index (χ0n) is 20.0. The quantitative estimate of drug-likeness (QED) is 0.409. The number of fused-ring (bicyclic) bond motifs is 1. The number of amides is 1. The van der Waals surface area contributed by atoms with Gasteiger partial charge in [0.1, 0.15) is 0 Å². The molecule has 4 rings (SSSR count). The number of aromatic nitrogens is 1. The number of sulfonamides is 1. The molecule has 1 fully saturated rings. The highest BCUT2D eigenvalue weighted by molar-refractivity contribution is 7.89. The Kier molecular flexibility index (Phi) is 9.17. The Hall–Kier alpha value is -1.75. The Morgan fingerprint density at radius 1 is 1.11 bits per heavy atom. The standard InChI is InChI=1S/C24H29ClN4O3S2.ClH/c1-17-10-12-28(13-11-17)34(31,32)20-7-4-18(5-8-20)23(30)29(15-14-27(2)3)24-26-21-9-6-19(25)16-22(21)33-24;/h4-9,16-17H,10-15H2,1-3H3;1H. The van der Waals surface area contributed by atoms with E-state index in [9.17, 15) is 13.2 Å². The molecule has 3 aromatic rings. The van der Waals surface area contributed by atoms with E-state index in [1.807, 2.05) is 31.1 Å². The lowest BCUT2D eigenvalue weighted by atomic mass is 10.0. The summed E-state index contributed by atoms with van der Waals surface area (Å²) in [5.74, 6) is 0.320. The van der Waals surface area contributed by atoms with Crippen LogP contribution in [0.3, 0.4) is 0 Å². The van der Waals surface area contributed by atoms with Crippen molar-refractivity contribution in [3.05, 3.63) is 53.1 Å². The normalized spacial score (nSPS) is 15.3. The topological polar surface area (TPSA) is 73.8 Å². The molecule has 2 aromatic carbocycles. The fourth-order valence-electron chi connectivity index (χ4n) is 3.89. The summed E-state index contributed by atoms with van der Waals surface area (Å²) in [7, 11) is 0.328. The largest absolute Gasteiger partial charge is 0.308 e. The smallest absolute Gasteiger partial charge is 0.260 e. The number of rotatable bonds is 7. The average Bonchev–Trinajstić information content (AvgIpc) is 3.22. The number of piperidine rings is 1. The van der Waals surface area contributed by atoms with Gasteiger partial charge in [0.2, 0.25) is 10.0 Å². The highest BCUT2D eigenvalue weighted by Crippen LogP contribution is 2.32. The Balaban J connectivity index is 0.00000342. The maximum absolute atomic E-state index is 13.5. The molecule has 0 saturated carbocycles. The fourth-order valence-corrected chi connectivity index (χ4v) is 6.62. The number of halogens is 2. The Morgan fingerprint density at radius 2 is 1.77 bits per heavy atom. The van der Waals surface area contributed by atoms with Crippen LogP contribution < -0.4 is 4.90 Å². The van der Waals surface area contributed by atoms with Gasteiger partial charge in [0.05, 0.1) is 15.1 Å². The molecule has 0 spiro atoms. The number of anilines is 1. The molecule has 1 aliphatic rings. The number of nitrogens with zero attached hydrogens (tertiary/aromatic N) is 4. The first-order valence-electron chi connectivity index (χ1n) is 11.3. The second kappa shape index (κ2) is 11.5. The molecule has 1 aliphatic heterocycles. The number of carbonyl (C=O) groups is 1. The van der Waals surface area contributed by atoms with Gasteiger partial charge in [-0.3, -0.25) is 9.69 Å². The molecule has 1 amide bonds. The molecule has 0 bridgehead atoms. The SMILES string of the molecule is CC1CCN(S(=O)(=O)c2ccc(C(=O)N(CCN(C)C)c3nc4ccc(Cl)cc4s3)cc2)CC1.Cl. The van der Waals surface area contributed by atoms with Crippen molar-refractivity contribution in [3.63, 3.8) is 0 Å². The van der Waals surface area contributed by atoms with Gasteiger partial charge in [-0.2, -0.15) is 4.31 Å². The van der Waals surface area contributed by atoms with Crippen LogP contribution in [0.2, 0.25) is 5.02 Å². The van der Waals surface area contributed by atoms with Gasteiger partial charge in [-0.25, -0.2) is 13.4 Å². The lowest BCUT2D eigenvalue weighted by molar-refractivity contribution is 0.0985. The third-order valence-corrected chi connectivity index (χ3v) is 9.26. The fraction of sp³-hybridized carbons (Fsp3) is 0.417. The molecule has 0 atom stereocenters. The number of carbonyl (C=O) groups excluding carboxylic acids is 1. The maximum Gasteiger partial charge on any atom is 0.260 e. The molecular formula is C24H30Cl2N4O3S2. The van der Waals surface area contributed by atoms with Gasteiger partial charge < -0.3 is 4.90 Å². The molecule has 35 heavy (non-hydrogen) atoms. The van der Waals surface area contributed by atoms with E-state index in [1.54, 1.807) is 27.4 Å². The number of hydrogen-bond acceptors (Lipinski definition) is 6. The van der Waals surface area contributed by atoms with Gasteiger partial charge in [-0.1, -0.05) is 29.9 Å². The summed E-state index contributed by atoms with van der Waals surface area (Å²) in [6, 6.07) is 11.7. The molecule has 0 N–H and O–H groups in total. The molecule has 0 aliphatic carbocycles. The van der Waals surface area contributed by atoms with Gasteiger partial charge in [0.25, 0.3) is 5.91 Å². The van der Waals surface area contributed by atoms with Crippen LogP contribution in [0, 0.1) is 5.92 Å². The number of hydrogen-bond donors (Lipinski definition) is 0. The van der Waals surface area contributed by atoms with Crippen molar-refractivity contribution in [2.45, 2.75) is 24.7 Å². The molecule has 11 heteroatoms. The van der Waals surface area contributed by atoms with E-state index in [2.05, 4.69) is 11.9 Å². The summed E-state index contributed by atoms with van der Waals surface area (Å²) in [6.45, 7) is 4.31. The van der Waals surface area contributed by atoms with Crippen LogP contribution in [0.25, 0.3) is 10.2 Å². The monoisotopic (exact) mass is 556 g/mol. The average molecular weight is 558 g/mol. The first kappa shape index (κ1) is 27.8. The van der Waals surface area contributed by atoms with E-state index >= 15 is 0 Å². The minimum Gasteiger partial charge on any atom is -0.308 e. The van der Waals surface area contributed by atoms with E-state index in [0.717, 1.165) is 23.1 Å². The second-order valence-corrected chi connectivity index (χ2v) is 12.4. The molecule has 7 nitrogen and oxygen atoms in total. The molecule has 190 valence electrons. The molecular weight excluding hydrogens is 527 g/mol. The van der Waals surface area contributed by atoms with Crippen molar-refractivity contribution in [2.75, 3.05) is 45.2 Å². The van der Waals surface area contributed by atoms with Crippen LogP contribution in [0.5, 0.6) is 0 Å². The third kappa shape index (κ3) is 6.34. The maximum atomic E-state index is 13.5. The van der Waals surface area contributed by atoms with Crippen LogP contribution in [-0.2, 0) is 10.0 Å². The van der Waals surface area contributed by atoms with E-state index in [0.29, 0.717) is 47.8 Å². The van der Waals surface area contributed by atoms with Gasteiger partial charge in [0.15, 0.2) is 5.13 Å². The lowest BCUT2D eigenvalue weighted by Gasteiger charge is -2.29. The third-order valence-electron chi connectivity index (χ3n) is 6.07. The highest BCUT2D eigenvalue weighted by Gasteiger charge is 2.28. The zero-order valence-corrected chi connectivity index (χ0v) is 23.2. The van der Waals surface area contributed by atoms with Gasteiger partial charge >= 0.3 is 0 Å². The molecule has 0 unspecified atom stereocenters. The van der Waals surface area contributed by atoms with E-state index < -0.39 is 10.0 Å². The van der Waals surface area contributed by atoms with Crippen LogP contribution in [0.4, 0.5) is 5.13 Å². The Morgan fingerprint density at radius 3 is 2.40 bits per heavy atom. The second-order valence-electron chi connectivity index (χ2n) is 8.98. The first-order valence-corrected chi connectivity index (χ1v) is 13.9. The first-order chi connectivity index (χ1) is 16.1. The minimum atomic E-state index is -3.56. The number of likely N-dealkylation sites (N-methyl/N-ethyl adjacent to an activating group) is 1. The van der Waals surface area contributed by atoms with Crippen molar-refractivity contribution < 1.29 is 13.2 Å². The molecule has 1 aromatic heterocycles. The summed E-state index contributed by atoms with van der Waals surface area (Å²) in [4.78, 5) is 22.0. The Labute approximate surface area is 222 Å². The summed E-state index contributed by atoms with van der Waals surface area (Å²) in [5.41, 5.74) is 1.20. The minimum absolute atomic E-state index is 0. The highest BCUT2D eigenvalue weighted by atomic mass is 35.5. The molecule has 0 radical (unpaired) electrons. The zero-order chi connectivity index (χ0) is 24.5. The van der Waals surface area contributed by atoms with E-state index in [-0.39, 0.29) is 23.2 Å². The summed E-state index contributed by atoms with van der Waals surface area (Å²) in [6.07, 6.45) is 1.73. The van der Waals surface area contributed by atoms with Gasteiger partial charge in [-0.05, 0) is 75.3 Å². The predicted octanol–water partition coefficient (Wildman–Crippen LogP) is 5.00. The molecule has 1 saturated heterocycles. The molecule has 2 heterocycles. The van der Waals surface area contributed by atoms with Crippen LogP contribution in [-0.4, -0.2) is 68.8 Å². The van der Waals surface area contributed by atoms with E-state index in [4.69, 9.17) is 11.6 Å².